The van der Waals surface area contributed by atoms with Gasteiger partial charge in [0.15, 0.2) is 7.14 Å². The van der Waals surface area contributed by atoms with E-state index in [1.807, 2.05) is 12.1 Å². The van der Waals surface area contributed by atoms with E-state index in [4.69, 9.17) is 0 Å². The second-order valence-electron chi connectivity index (χ2n) is 16.9. The minimum atomic E-state index is -3.56. The van der Waals surface area contributed by atoms with Crippen LogP contribution in [0, 0.1) is 17.8 Å². The number of hydrogen-bond acceptors (Lipinski definition) is 1. The average Bonchev–Trinajstić information content (AvgIpc) is 3.86. The molecule has 0 aliphatic heterocycles. The predicted molar refractivity (Wildman–Crippen MR) is 254 cm³/mol. The van der Waals surface area contributed by atoms with Crippen molar-refractivity contribution in [3.8, 4) is 45.2 Å². The minimum Gasteiger partial charge on any atom is -0.309 e. The Labute approximate surface area is 364 Å². The molecule has 2 spiro atoms. The highest BCUT2D eigenvalue weighted by Crippen LogP contribution is 2.64. The Morgan fingerprint density at radius 1 is 0.426 bits per heavy atom. The molecular weight excluding hydrogens is 824 g/mol. The van der Waals surface area contributed by atoms with Gasteiger partial charge in [-0.25, -0.2) is 0 Å². The molecule has 0 aromatic heterocycles. The quantitative estimate of drug-likeness (QED) is 0.128. The number of benzene rings is 8. The number of halogens is 1. The molecule has 8 aromatic carbocycles. The Hall–Kier alpha value is -6.49. The van der Waals surface area contributed by atoms with Gasteiger partial charge in [-0.05, 0) is 114 Å². The highest BCUT2D eigenvalue weighted by Gasteiger charge is 2.54. The minimum absolute atomic E-state index is 0.0232. The van der Waals surface area contributed by atoms with Crippen LogP contribution in [0.25, 0.3) is 33.4 Å². The van der Waals surface area contributed by atoms with Crippen LogP contribution < -0.4 is 15.9 Å². The third-order valence-electron chi connectivity index (χ3n) is 14.3. The molecule has 61 heavy (non-hydrogen) atoms. The highest BCUT2D eigenvalue weighted by molar-refractivity contribution is 9.10. The van der Waals surface area contributed by atoms with Gasteiger partial charge < -0.3 is 4.57 Å². The van der Waals surface area contributed by atoms with E-state index >= 15 is 4.57 Å². The molecule has 4 unspecified atom stereocenters. The van der Waals surface area contributed by atoms with Crippen molar-refractivity contribution in [1.29, 1.82) is 0 Å². The molecule has 0 radical (unpaired) electrons. The van der Waals surface area contributed by atoms with Crippen LogP contribution in [0.5, 0.6) is 0 Å². The first-order valence-corrected chi connectivity index (χ1v) is 23.5. The van der Waals surface area contributed by atoms with Gasteiger partial charge in [0.1, 0.15) is 0 Å². The number of rotatable bonds is 3. The van der Waals surface area contributed by atoms with E-state index in [-0.39, 0.29) is 11.8 Å². The summed E-state index contributed by atoms with van der Waals surface area (Å²) in [5.74, 6) is 7.30. The maximum absolute atomic E-state index is 17.2. The summed E-state index contributed by atoms with van der Waals surface area (Å²) in [6.07, 6.45) is 8.83. The molecule has 286 valence electrons. The molecule has 0 saturated carbocycles. The summed E-state index contributed by atoms with van der Waals surface area (Å²) >= 11 is 3.70. The normalized spacial score (nSPS) is 21.0. The fraction of sp³-hybridized carbons (Fsp3) is 0.0690. The van der Waals surface area contributed by atoms with Crippen molar-refractivity contribution in [2.45, 2.75) is 16.7 Å². The van der Waals surface area contributed by atoms with Gasteiger partial charge in [-0.15, -0.1) is 0 Å². The van der Waals surface area contributed by atoms with Crippen LogP contribution in [-0.4, -0.2) is 0 Å². The molecule has 13 rings (SSSR count). The van der Waals surface area contributed by atoms with Crippen LogP contribution in [0.15, 0.2) is 211 Å². The first kappa shape index (κ1) is 35.3. The first-order chi connectivity index (χ1) is 30.0. The van der Waals surface area contributed by atoms with Crippen molar-refractivity contribution in [3.05, 3.63) is 255 Å². The largest absolute Gasteiger partial charge is 0.309 e. The lowest BCUT2D eigenvalue weighted by Crippen LogP contribution is -2.36. The number of hydrogen-bond donors (Lipinski definition) is 0. The monoisotopic (exact) mass is 858 g/mol. The second kappa shape index (κ2) is 12.8. The Kier molecular flexibility index (Phi) is 7.38. The van der Waals surface area contributed by atoms with Gasteiger partial charge in [-0.2, -0.15) is 0 Å². The molecule has 0 saturated heterocycles. The van der Waals surface area contributed by atoms with Gasteiger partial charge in [0, 0.05) is 20.4 Å². The summed E-state index contributed by atoms with van der Waals surface area (Å²) in [6.45, 7) is 0. The SMILES string of the molecule is O=P(c1ccc(Br)cc1)(c1ccc2c(c1)C1(c3ccccc3-c3ccccc31)c1ccccc1-2)c1ccc2c(c1)C1(c3ccccc3-2)c2ccccc2C2C#CC1/C=C\C=C2. The van der Waals surface area contributed by atoms with Gasteiger partial charge in [0.2, 0.25) is 0 Å². The lowest BCUT2D eigenvalue weighted by molar-refractivity contribution is 0.550. The molecule has 2 bridgehead atoms. The van der Waals surface area contributed by atoms with E-state index in [0.717, 1.165) is 25.9 Å². The van der Waals surface area contributed by atoms with E-state index < -0.39 is 18.0 Å². The van der Waals surface area contributed by atoms with E-state index in [2.05, 4.69) is 222 Å². The molecule has 0 heterocycles. The Balaban J connectivity index is 1.10. The van der Waals surface area contributed by atoms with Crippen LogP contribution >= 0.6 is 23.1 Å². The smallest absolute Gasteiger partial charge is 0.171 e. The standard InChI is InChI=1S/C58H36BrOP/c59-39-27-29-40(30-28-39)61(60,42-32-34-49-47-19-7-12-24-54(47)58(56(49)36-42)52-22-10-5-16-44(52)45-17-6-11-23-53(45)58)41-31-33-48-46-18-4-9-21-51(46)57(55(48)35-41)38-14-2-1-13-37(25-26-38)43-15-3-8-20-50(43)57/h1-24,27-38H/b13-1?,14-2-. The van der Waals surface area contributed by atoms with Crippen molar-refractivity contribution >= 4 is 39.0 Å². The van der Waals surface area contributed by atoms with Gasteiger partial charge in [-0.1, -0.05) is 198 Å². The molecule has 1 nitrogen and oxygen atoms in total. The van der Waals surface area contributed by atoms with Crippen LogP contribution in [0.1, 0.15) is 50.4 Å². The van der Waals surface area contributed by atoms with Crippen molar-refractivity contribution < 1.29 is 4.57 Å². The van der Waals surface area contributed by atoms with Gasteiger partial charge in [0.25, 0.3) is 0 Å². The molecule has 0 fully saturated rings. The fourth-order valence-electron chi connectivity index (χ4n) is 11.9. The van der Waals surface area contributed by atoms with E-state index in [9.17, 15) is 0 Å². The first-order valence-electron chi connectivity index (χ1n) is 21.0. The molecule has 3 heteroatoms. The topological polar surface area (TPSA) is 17.1 Å². The summed E-state index contributed by atoms with van der Waals surface area (Å²) in [5.41, 5.74) is 16.0. The zero-order valence-electron chi connectivity index (χ0n) is 33.0. The molecule has 5 aliphatic carbocycles. The number of fused-ring (bicyclic) bond motifs is 21. The molecule has 0 N–H and O–H groups in total. The van der Waals surface area contributed by atoms with Crippen molar-refractivity contribution in [1.82, 2.24) is 0 Å². The molecule has 5 aliphatic rings. The van der Waals surface area contributed by atoms with Gasteiger partial charge in [-0.3, -0.25) is 0 Å². The van der Waals surface area contributed by atoms with E-state index in [0.29, 0.717) is 0 Å². The fourth-order valence-corrected chi connectivity index (χ4v) is 14.8. The van der Waals surface area contributed by atoms with Crippen molar-refractivity contribution in [3.63, 3.8) is 0 Å². The van der Waals surface area contributed by atoms with Gasteiger partial charge >= 0.3 is 0 Å². The maximum atomic E-state index is 17.2. The van der Waals surface area contributed by atoms with Crippen LogP contribution in [0.4, 0.5) is 0 Å². The zero-order valence-corrected chi connectivity index (χ0v) is 35.5. The Morgan fingerprint density at radius 3 is 1.51 bits per heavy atom. The maximum Gasteiger partial charge on any atom is 0.171 e. The van der Waals surface area contributed by atoms with Crippen molar-refractivity contribution in [2.75, 3.05) is 0 Å². The summed E-state index contributed by atoms with van der Waals surface area (Å²) in [5, 5.41) is 2.45. The third kappa shape index (κ3) is 4.46. The summed E-state index contributed by atoms with van der Waals surface area (Å²) in [6, 6.07) is 65.9. The summed E-state index contributed by atoms with van der Waals surface area (Å²) in [4.78, 5) is 0. The molecule has 0 amide bonds. The average molecular weight is 860 g/mol. The van der Waals surface area contributed by atoms with Crippen LogP contribution in [-0.2, 0) is 15.4 Å². The Bertz CT molecular complexity index is 3330. The lowest BCUT2D eigenvalue weighted by atomic mass is 9.63. The predicted octanol–water partition coefficient (Wildman–Crippen LogP) is 12.6. The molecule has 8 aromatic rings. The van der Waals surface area contributed by atoms with E-state index in [1.165, 1.54) is 72.3 Å². The number of allylic oxidation sites excluding steroid dienone is 4. The second-order valence-corrected chi connectivity index (χ2v) is 20.6. The summed E-state index contributed by atoms with van der Waals surface area (Å²) in [7, 11) is -3.56. The summed E-state index contributed by atoms with van der Waals surface area (Å²) < 4.78 is 18.1. The van der Waals surface area contributed by atoms with E-state index in [1.54, 1.807) is 0 Å². The third-order valence-corrected chi connectivity index (χ3v) is 17.8. The molecule has 4 atom stereocenters. The zero-order chi connectivity index (χ0) is 40.5. The van der Waals surface area contributed by atoms with Crippen LogP contribution in [0.3, 0.4) is 0 Å². The van der Waals surface area contributed by atoms with Crippen LogP contribution in [0.2, 0.25) is 0 Å². The Morgan fingerprint density at radius 2 is 0.885 bits per heavy atom. The molecular formula is C58H36BrOP. The lowest BCUT2D eigenvalue weighted by Gasteiger charge is -2.38. The van der Waals surface area contributed by atoms with Crippen molar-refractivity contribution in [2.24, 2.45) is 5.92 Å². The highest BCUT2D eigenvalue weighted by atomic mass is 79.9. The van der Waals surface area contributed by atoms with Gasteiger partial charge in [0.05, 0.1) is 22.7 Å².